The Labute approximate surface area is 119 Å². The highest BCUT2D eigenvalue weighted by Crippen LogP contribution is 2.19. The van der Waals surface area contributed by atoms with Crippen LogP contribution in [0.2, 0.25) is 0 Å². The molecule has 20 heavy (non-hydrogen) atoms. The first-order valence-corrected chi connectivity index (χ1v) is 7.25. The average molecular weight is 286 g/mol. The monoisotopic (exact) mass is 286 g/mol. The molecule has 0 unspecified atom stereocenters. The Balaban J connectivity index is 2.36. The lowest BCUT2D eigenvalue weighted by atomic mass is 10.2. The van der Waals surface area contributed by atoms with Crippen LogP contribution in [0.3, 0.4) is 0 Å². The minimum absolute atomic E-state index is 0.147. The summed E-state index contributed by atoms with van der Waals surface area (Å²) in [5, 5.41) is 1.13. The first kappa shape index (κ1) is 12.9. The Morgan fingerprint density at radius 3 is 2.50 bits per heavy atom. The Hall–Kier alpha value is -2.14. The molecule has 0 bridgehead atoms. The summed E-state index contributed by atoms with van der Waals surface area (Å²) >= 11 is 1.38. The van der Waals surface area contributed by atoms with Crippen molar-refractivity contribution in [1.29, 1.82) is 0 Å². The Kier molecular flexibility index (Phi) is 3.28. The van der Waals surface area contributed by atoms with Crippen LogP contribution < -0.4 is 5.56 Å². The lowest BCUT2D eigenvalue weighted by Gasteiger charge is -2.11. The van der Waals surface area contributed by atoms with Gasteiger partial charge in [-0.2, -0.15) is 0 Å². The number of hydrogen-bond donors (Lipinski definition) is 0. The van der Waals surface area contributed by atoms with Crippen molar-refractivity contribution < 1.29 is 4.39 Å². The molecule has 0 aliphatic carbocycles. The number of nitrogens with zero attached hydrogens (tertiary/aromatic N) is 2. The van der Waals surface area contributed by atoms with Gasteiger partial charge in [-0.3, -0.25) is 9.36 Å². The van der Waals surface area contributed by atoms with Crippen molar-refractivity contribution in [1.82, 2.24) is 9.55 Å². The van der Waals surface area contributed by atoms with Crippen molar-refractivity contribution in [2.24, 2.45) is 0 Å². The molecule has 0 saturated heterocycles. The van der Waals surface area contributed by atoms with Crippen LogP contribution >= 0.6 is 11.8 Å². The molecule has 5 heteroatoms. The van der Waals surface area contributed by atoms with E-state index >= 15 is 0 Å². The van der Waals surface area contributed by atoms with E-state index in [-0.39, 0.29) is 11.4 Å². The normalized spacial score (nSPS) is 10.9. The summed E-state index contributed by atoms with van der Waals surface area (Å²) in [6.07, 6.45) is 1.86. The molecule has 0 amide bonds. The summed E-state index contributed by atoms with van der Waals surface area (Å²) < 4.78 is 14.5. The minimum Gasteiger partial charge on any atom is -0.268 e. The lowest BCUT2D eigenvalue weighted by Crippen LogP contribution is -2.21. The predicted molar refractivity (Wildman–Crippen MR) is 79.1 cm³/mol. The van der Waals surface area contributed by atoms with Crippen molar-refractivity contribution in [3.05, 3.63) is 64.7 Å². The topological polar surface area (TPSA) is 34.9 Å². The molecule has 3 rings (SSSR count). The van der Waals surface area contributed by atoms with Gasteiger partial charge in [-0.1, -0.05) is 23.9 Å². The third-order valence-electron chi connectivity index (χ3n) is 3.01. The van der Waals surface area contributed by atoms with Crippen LogP contribution in [0.25, 0.3) is 16.6 Å². The van der Waals surface area contributed by atoms with Gasteiger partial charge in [0.1, 0.15) is 5.82 Å². The molecule has 3 aromatic rings. The van der Waals surface area contributed by atoms with E-state index in [1.807, 2.05) is 18.4 Å². The van der Waals surface area contributed by atoms with Crippen molar-refractivity contribution in [2.75, 3.05) is 6.26 Å². The summed E-state index contributed by atoms with van der Waals surface area (Å²) in [6.45, 7) is 0. The van der Waals surface area contributed by atoms with E-state index in [2.05, 4.69) is 4.98 Å². The van der Waals surface area contributed by atoms with Gasteiger partial charge in [0.15, 0.2) is 5.16 Å². The first-order chi connectivity index (χ1) is 9.70. The van der Waals surface area contributed by atoms with E-state index in [4.69, 9.17) is 0 Å². The maximum absolute atomic E-state index is 13.0. The molecule has 0 N–H and O–H groups in total. The van der Waals surface area contributed by atoms with Gasteiger partial charge in [0, 0.05) is 0 Å². The molecule has 1 heterocycles. The number of para-hydroxylation sites is 1. The summed E-state index contributed by atoms with van der Waals surface area (Å²) in [5.74, 6) is -0.332. The van der Waals surface area contributed by atoms with Crippen molar-refractivity contribution >= 4 is 22.7 Å². The summed E-state index contributed by atoms with van der Waals surface area (Å²) in [4.78, 5) is 17.1. The molecule has 0 fully saturated rings. The van der Waals surface area contributed by atoms with Crippen LogP contribution in [-0.4, -0.2) is 15.8 Å². The number of benzene rings is 2. The molecule has 100 valence electrons. The van der Waals surface area contributed by atoms with Crippen LogP contribution in [0.15, 0.2) is 58.5 Å². The standard InChI is InChI=1S/C15H11FN2OS/c1-20-15-17-13-5-3-2-4-12(13)14(19)18(15)11-8-6-10(16)7-9-11/h2-9H,1H3. The van der Waals surface area contributed by atoms with Crippen molar-refractivity contribution in [2.45, 2.75) is 5.16 Å². The molecule has 0 atom stereocenters. The first-order valence-electron chi connectivity index (χ1n) is 6.02. The van der Waals surface area contributed by atoms with Gasteiger partial charge in [-0.05, 0) is 42.7 Å². The maximum atomic E-state index is 13.0. The van der Waals surface area contributed by atoms with E-state index < -0.39 is 0 Å². The number of fused-ring (bicyclic) bond motifs is 1. The summed E-state index contributed by atoms with van der Waals surface area (Å²) in [6, 6.07) is 13.0. The van der Waals surface area contributed by atoms with E-state index in [9.17, 15) is 9.18 Å². The van der Waals surface area contributed by atoms with Crippen molar-refractivity contribution in [3.63, 3.8) is 0 Å². The quantitative estimate of drug-likeness (QED) is 0.536. The van der Waals surface area contributed by atoms with E-state index in [1.54, 1.807) is 24.3 Å². The third-order valence-corrected chi connectivity index (χ3v) is 3.65. The second-order valence-corrected chi connectivity index (χ2v) is 5.01. The highest BCUT2D eigenvalue weighted by molar-refractivity contribution is 7.98. The van der Waals surface area contributed by atoms with Crippen LogP contribution in [0, 0.1) is 5.82 Å². The number of halogens is 1. The zero-order valence-corrected chi connectivity index (χ0v) is 11.5. The fraction of sp³-hybridized carbons (Fsp3) is 0.0667. The van der Waals surface area contributed by atoms with Gasteiger partial charge < -0.3 is 0 Å². The molecular formula is C15H11FN2OS. The Morgan fingerprint density at radius 2 is 1.80 bits per heavy atom. The number of hydrogen-bond acceptors (Lipinski definition) is 3. The summed E-state index contributed by atoms with van der Waals surface area (Å²) in [7, 11) is 0. The fourth-order valence-corrected chi connectivity index (χ4v) is 2.63. The molecule has 0 spiro atoms. The van der Waals surface area contributed by atoms with Crippen LogP contribution in [-0.2, 0) is 0 Å². The lowest BCUT2D eigenvalue weighted by molar-refractivity contribution is 0.627. The van der Waals surface area contributed by atoms with E-state index in [0.717, 1.165) is 0 Å². The van der Waals surface area contributed by atoms with Crippen molar-refractivity contribution in [3.8, 4) is 5.69 Å². The molecule has 0 radical (unpaired) electrons. The highest BCUT2D eigenvalue weighted by Gasteiger charge is 2.11. The number of rotatable bonds is 2. The molecule has 2 aromatic carbocycles. The smallest absolute Gasteiger partial charge is 0.266 e. The van der Waals surface area contributed by atoms with Crippen LogP contribution in [0.4, 0.5) is 4.39 Å². The van der Waals surface area contributed by atoms with Gasteiger partial charge >= 0.3 is 0 Å². The fourth-order valence-electron chi connectivity index (χ4n) is 2.07. The van der Waals surface area contributed by atoms with Gasteiger partial charge in [-0.25, -0.2) is 9.37 Å². The van der Waals surface area contributed by atoms with Gasteiger partial charge in [0.2, 0.25) is 0 Å². The summed E-state index contributed by atoms with van der Waals surface area (Å²) in [5.41, 5.74) is 1.13. The molecule has 0 aliphatic heterocycles. The van der Waals surface area contributed by atoms with E-state index in [0.29, 0.717) is 21.7 Å². The van der Waals surface area contributed by atoms with Crippen LogP contribution in [0.1, 0.15) is 0 Å². The van der Waals surface area contributed by atoms with Gasteiger partial charge in [0.05, 0.1) is 16.6 Å². The number of thioether (sulfide) groups is 1. The third kappa shape index (κ3) is 2.10. The number of aromatic nitrogens is 2. The predicted octanol–water partition coefficient (Wildman–Crippen LogP) is 3.25. The van der Waals surface area contributed by atoms with Gasteiger partial charge in [-0.15, -0.1) is 0 Å². The maximum Gasteiger partial charge on any atom is 0.266 e. The Bertz CT molecular complexity index is 827. The highest BCUT2D eigenvalue weighted by atomic mass is 32.2. The Morgan fingerprint density at radius 1 is 1.10 bits per heavy atom. The average Bonchev–Trinajstić information content (AvgIpc) is 2.48. The molecule has 1 aromatic heterocycles. The second-order valence-electron chi connectivity index (χ2n) is 4.23. The van der Waals surface area contributed by atoms with Gasteiger partial charge in [0.25, 0.3) is 5.56 Å². The largest absolute Gasteiger partial charge is 0.268 e. The SMILES string of the molecule is CSc1nc2ccccc2c(=O)n1-c1ccc(F)cc1. The molecule has 3 nitrogen and oxygen atoms in total. The molecule has 0 saturated carbocycles. The molecule has 0 aliphatic rings. The van der Waals surface area contributed by atoms with E-state index in [1.165, 1.54) is 28.5 Å². The molecular weight excluding hydrogens is 275 g/mol. The zero-order chi connectivity index (χ0) is 14.1. The second kappa shape index (κ2) is 5.09. The minimum atomic E-state index is -0.332. The van der Waals surface area contributed by atoms with Crippen LogP contribution in [0.5, 0.6) is 0 Å². The zero-order valence-electron chi connectivity index (χ0n) is 10.7.